The van der Waals surface area contributed by atoms with Gasteiger partial charge in [0.15, 0.2) is 0 Å². The van der Waals surface area contributed by atoms with Crippen LogP contribution >= 0.6 is 23.2 Å². The molecule has 0 aliphatic heterocycles. The van der Waals surface area contributed by atoms with E-state index in [1.54, 1.807) is 6.20 Å². The lowest BCUT2D eigenvalue weighted by Crippen LogP contribution is -2.02. The SMILES string of the molecule is Cc1c(Cl)cnn1CCCCCCl. The zero-order valence-electron chi connectivity index (χ0n) is 7.76. The Hall–Kier alpha value is -0.210. The van der Waals surface area contributed by atoms with Gasteiger partial charge in [0.25, 0.3) is 0 Å². The lowest BCUT2D eigenvalue weighted by Gasteiger charge is -2.03. The van der Waals surface area contributed by atoms with E-state index in [0.29, 0.717) is 0 Å². The minimum atomic E-state index is 0.748. The van der Waals surface area contributed by atoms with E-state index >= 15 is 0 Å². The summed E-state index contributed by atoms with van der Waals surface area (Å²) in [6.45, 7) is 2.92. The van der Waals surface area contributed by atoms with Gasteiger partial charge in [-0.3, -0.25) is 4.68 Å². The second-order valence-corrected chi connectivity index (χ2v) is 3.84. The average molecular weight is 221 g/mol. The third-order valence-corrected chi connectivity index (χ3v) is 2.69. The van der Waals surface area contributed by atoms with Crippen molar-refractivity contribution in [3.05, 3.63) is 16.9 Å². The predicted octanol–water partition coefficient (Wildman–Crippen LogP) is 3.25. The van der Waals surface area contributed by atoms with Crippen LogP contribution in [0.2, 0.25) is 5.02 Å². The van der Waals surface area contributed by atoms with Crippen LogP contribution in [-0.2, 0) is 6.54 Å². The van der Waals surface area contributed by atoms with E-state index in [0.717, 1.165) is 42.4 Å². The van der Waals surface area contributed by atoms with Crippen LogP contribution in [0.1, 0.15) is 25.0 Å². The molecule has 4 heteroatoms. The molecule has 13 heavy (non-hydrogen) atoms. The van der Waals surface area contributed by atoms with E-state index in [4.69, 9.17) is 23.2 Å². The Morgan fingerprint density at radius 3 is 2.69 bits per heavy atom. The Morgan fingerprint density at radius 1 is 1.38 bits per heavy atom. The Kier molecular flexibility index (Phi) is 4.60. The molecule has 0 unspecified atom stereocenters. The maximum absolute atomic E-state index is 5.87. The molecule has 0 aromatic carbocycles. The highest BCUT2D eigenvalue weighted by Gasteiger charge is 2.02. The first kappa shape index (κ1) is 10.9. The van der Waals surface area contributed by atoms with E-state index in [2.05, 4.69) is 5.10 Å². The minimum Gasteiger partial charge on any atom is -0.268 e. The largest absolute Gasteiger partial charge is 0.268 e. The molecule has 0 fully saturated rings. The fourth-order valence-corrected chi connectivity index (χ4v) is 1.51. The van der Waals surface area contributed by atoms with E-state index in [-0.39, 0.29) is 0 Å². The smallest absolute Gasteiger partial charge is 0.0814 e. The molecular weight excluding hydrogens is 207 g/mol. The summed E-state index contributed by atoms with van der Waals surface area (Å²) >= 11 is 11.4. The second kappa shape index (κ2) is 5.51. The van der Waals surface area contributed by atoms with Crippen LogP contribution in [0.15, 0.2) is 6.20 Å². The highest BCUT2D eigenvalue weighted by Crippen LogP contribution is 2.13. The number of rotatable bonds is 5. The van der Waals surface area contributed by atoms with Gasteiger partial charge in [0, 0.05) is 12.4 Å². The number of unbranched alkanes of at least 4 members (excludes halogenated alkanes) is 2. The van der Waals surface area contributed by atoms with E-state index in [9.17, 15) is 0 Å². The molecule has 74 valence electrons. The molecule has 1 aromatic heterocycles. The van der Waals surface area contributed by atoms with Gasteiger partial charge in [-0.05, 0) is 19.8 Å². The van der Waals surface area contributed by atoms with Crippen LogP contribution in [0.25, 0.3) is 0 Å². The summed E-state index contributed by atoms with van der Waals surface area (Å²) < 4.78 is 1.94. The van der Waals surface area contributed by atoms with Gasteiger partial charge in [-0.2, -0.15) is 5.10 Å². The lowest BCUT2D eigenvalue weighted by atomic mass is 10.2. The van der Waals surface area contributed by atoms with Crippen LogP contribution < -0.4 is 0 Å². The van der Waals surface area contributed by atoms with Gasteiger partial charge in [0.05, 0.1) is 16.9 Å². The van der Waals surface area contributed by atoms with Crippen molar-refractivity contribution in [2.75, 3.05) is 5.88 Å². The Balaban J connectivity index is 2.32. The Bertz CT molecular complexity index is 258. The molecule has 1 rings (SSSR count). The summed E-state index contributed by atoms with van der Waals surface area (Å²) in [4.78, 5) is 0. The van der Waals surface area contributed by atoms with Crippen LogP contribution in [-0.4, -0.2) is 15.7 Å². The van der Waals surface area contributed by atoms with Crippen LogP contribution in [0.5, 0.6) is 0 Å². The zero-order valence-corrected chi connectivity index (χ0v) is 9.28. The van der Waals surface area contributed by atoms with E-state index in [1.165, 1.54) is 0 Å². The van der Waals surface area contributed by atoms with Crippen molar-refractivity contribution in [1.82, 2.24) is 9.78 Å². The molecule has 1 aromatic rings. The third kappa shape index (κ3) is 3.20. The van der Waals surface area contributed by atoms with E-state index < -0.39 is 0 Å². The molecule has 0 amide bonds. The van der Waals surface area contributed by atoms with Crippen LogP contribution in [0.3, 0.4) is 0 Å². The summed E-state index contributed by atoms with van der Waals surface area (Å²) in [5.41, 5.74) is 1.05. The van der Waals surface area contributed by atoms with Crippen LogP contribution in [0, 0.1) is 6.92 Å². The number of alkyl halides is 1. The standard InChI is InChI=1S/C9H14Cl2N2/c1-8-9(11)7-12-13(8)6-4-2-3-5-10/h7H,2-6H2,1H3. The first-order chi connectivity index (χ1) is 6.25. The molecule has 0 atom stereocenters. The van der Waals surface area contributed by atoms with Gasteiger partial charge < -0.3 is 0 Å². The lowest BCUT2D eigenvalue weighted by molar-refractivity contribution is 0.543. The van der Waals surface area contributed by atoms with Gasteiger partial charge in [-0.15, -0.1) is 11.6 Å². The molecular formula is C9H14Cl2N2. The summed E-state index contributed by atoms with van der Waals surface area (Å²) in [7, 11) is 0. The Morgan fingerprint density at radius 2 is 2.15 bits per heavy atom. The van der Waals surface area contributed by atoms with Gasteiger partial charge in [0.2, 0.25) is 0 Å². The number of aromatic nitrogens is 2. The molecule has 0 bridgehead atoms. The van der Waals surface area contributed by atoms with Crippen molar-refractivity contribution in [1.29, 1.82) is 0 Å². The molecule has 0 saturated carbocycles. The van der Waals surface area contributed by atoms with Crippen molar-refractivity contribution in [3.8, 4) is 0 Å². The normalized spacial score (nSPS) is 10.7. The minimum absolute atomic E-state index is 0.748. The molecule has 0 aliphatic carbocycles. The van der Waals surface area contributed by atoms with Crippen molar-refractivity contribution >= 4 is 23.2 Å². The number of nitrogens with zero attached hydrogens (tertiary/aromatic N) is 2. The highest BCUT2D eigenvalue weighted by atomic mass is 35.5. The Labute approximate surface area is 88.8 Å². The van der Waals surface area contributed by atoms with Gasteiger partial charge in [0.1, 0.15) is 0 Å². The molecule has 0 radical (unpaired) electrons. The van der Waals surface area contributed by atoms with E-state index in [1.807, 2.05) is 11.6 Å². The fourth-order valence-electron chi connectivity index (χ4n) is 1.18. The van der Waals surface area contributed by atoms with Gasteiger partial charge >= 0.3 is 0 Å². The molecule has 0 aliphatic rings. The van der Waals surface area contributed by atoms with Crippen molar-refractivity contribution < 1.29 is 0 Å². The van der Waals surface area contributed by atoms with Crippen molar-refractivity contribution in [2.24, 2.45) is 0 Å². The first-order valence-corrected chi connectivity index (χ1v) is 5.41. The fraction of sp³-hybridized carbons (Fsp3) is 0.667. The maximum atomic E-state index is 5.87. The predicted molar refractivity (Wildman–Crippen MR) is 56.5 cm³/mol. The summed E-state index contributed by atoms with van der Waals surface area (Å²) in [6, 6.07) is 0. The average Bonchev–Trinajstić information content (AvgIpc) is 2.43. The van der Waals surface area contributed by atoms with Crippen LogP contribution in [0.4, 0.5) is 0 Å². The molecule has 2 nitrogen and oxygen atoms in total. The van der Waals surface area contributed by atoms with Crippen molar-refractivity contribution in [3.63, 3.8) is 0 Å². The maximum Gasteiger partial charge on any atom is 0.0814 e. The second-order valence-electron chi connectivity index (χ2n) is 3.05. The molecule has 0 N–H and O–H groups in total. The molecule has 0 saturated heterocycles. The third-order valence-electron chi connectivity index (χ3n) is 2.05. The summed E-state index contributed by atoms with van der Waals surface area (Å²) in [5, 5.41) is 4.91. The van der Waals surface area contributed by atoms with Crippen molar-refractivity contribution in [2.45, 2.75) is 32.7 Å². The number of hydrogen-bond donors (Lipinski definition) is 0. The molecule has 1 heterocycles. The number of hydrogen-bond acceptors (Lipinski definition) is 1. The number of aryl methyl sites for hydroxylation is 1. The summed E-state index contributed by atoms with van der Waals surface area (Å²) in [5.74, 6) is 0.749. The first-order valence-electron chi connectivity index (χ1n) is 4.49. The highest BCUT2D eigenvalue weighted by molar-refractivity contribution is 6.31. The quantitative estimate of drug-likeness (QED) is 0.551. The topological polar surface area (TPSA) is 17.8 Å². The van der Waals surface area contributed by atoms with Gasteiger partial charge in [-0.1, -0.05) is 18.0 Å². The summed E-state index contributed by atoms with van der Waals surface area (Å²) in [6.07, 6.45) is 5.04. The monoisotopic (exact) mass is 220 g/mol. The number of halogens is 2. The molecule has 0 spiro atoms. The zero-order chi connectivity index (χ0) is 9.68. The van der Waals surface area contributed by atoms with Gasteiger partial charge in [-0.25, -0.2) is 0 Å².